The van der Waals surface area contributed by atoms with Gasteiger partial charge in [0.1, 0.15) is 0 Å². The smallest absolute Gasteiger partial charge is 0.228 e. The summed E-state index contributed by atoms with van der Waals surface area (Å²) >= 11 is 5.91. The molecule has 0 spiro atoms. The number of hydrogen-bond acceptors (Lipinski definition) is 4. The van der Waals surface area contributed by atoms with Gasteiger partial charge in [0.05, 0.1) is 6.04 Å². The van der Waals surface area contributed by atoms with Crippen molar-refractivity contribution in [2.75, 3.05) is 13.6 Å². The zero-order valence-electron chi connectivity index (χ0n) is 16.2. The van der Waals surface area contributed by atoms with Gasteiger partial charge in [-0.15, -0.1) is 0 Å². The minimum absolute atomic E-state index is 0.146. The minimum Gasteiger partial charge on any atom is -0.356 e. The second-order valence-corrected chi connectivity index (χ2v) is 6.93. The summed E-state index contributed by atoms with van der Waals surface area (Å²) in [6.07, 6.45) is 0.597. The van der Waals surface area contributed by atoms with Gasteiger partial charge in [0, 0.05) is 30.6 Å². The van der Waals surface area contributed by atoms with E-state index in [9.17, 15) is 0 Å². The van der Waals surface area contributed by atoms with Crippen molar-refractivity contribution in [3.63, 3.8) is 0 Å². The van der Waals surface area contributed by atoms with Gasteiger partial charge in [-0.25, -0.2) is 0 Å². The van der Waals surface area contributed by atoms with Gasteiger partial charge >= 0.3 is 0 Å². The molecule has 1 heterocycles. The maximum Gasteiger partial charge on any atom is 0.228 e. The van der Waals surface area contributed by atoms with Gasteiger partial charge in [-0.05, 0) is 49.2 Å². The summed E-state index contributed by atoms with van der Waals surface area (Å²) in [4.78, 5) is 8.72. The third-order valence-corrected chi connectivity index (χ3v) is 4.69. The van der Waals surface area contributed by atoms with Gasteiger partial charge in [-0.2, -0.15) is 4.98 Å². The van der Waals surface area contributed by atoms with Crippen molar-refractivity contribution >= 4 is 17.6 Å². The van der Waals surface area contributed by atoms with Crippen LogP contribution in [0.15, 0.2) is 58.0 Å². The largest absolute Gasteiger partial charge is 0.356 e. The molecular formula is C21H24ClN5O. The van der Waals surface area contributed by atoms with Gasteiger partial charge < -0.3 is 15.2 Å². The van der Waals surface area contributed by atoms with Crippen LogP contribution in [0.3, 0.4) is 0 Å². The molecule has 3 rings (SSSR count). The molecule has 2 N–H and O–H groups in total. The van der Waals surface area contributed by atoms with Gasteiger partial charge in [0.15, 0.2) is 5.96 Å². The Hall–Kier alpha value is -2.86. The van der Waals surface area contributed by atoms with Crippen LogP contribution in [-0.2, 0) is 6.42 Å². The van der Waals surface area contributed by atoms with Crippen LogP contribution in [0.25, 0.3) is 11.4 Å². The van der Waals surface area contributed by atoms with Crippen LogP contribution in [0, 0.1) is 6.92 Å². The normalized spacial score (nSPS) is 12.6. The molecule has 0 bridgehead atoms. The van der Waals surface area contributed by atoms with Gasteiger partial charge in [-0.3, -0.25) is 4.99 Å². The van der Waals surface area contributed by atoms with Crippen LogP contribution in [0.5, 0.6) is 0 Å². The summed E-state index contributed by atoms with van der Waals surface area (Å²) < 4.78 is 5.34. The monoisotopic (exact) mass is 397 g/mol. The highest BCUT2D eigenvalue weighted by Gasteiger charge is 2.11. The average Bonchev–Trinajstić information content (AvgIpc) is 3.17. The number of aliphatic imine (C=N–C) groups is 1. The van der Waals surface area contributed by atoms with Crippen molar-refractivity contribution in [1.29, 1.82) is 0 Å². The molecule has 0 aliphatic rings. The van der Waals surface area contributed by atoms with Crippen molar-refractivity contribution in [3.05, 3.63) is 70.6 Å². The third-order valence-electron chi connectivity index (χ3n) is 4.43. The quantitative estimate of drug-likeness (QED) is 0.482. The molecule has 0 radical (unpaired) electrons. The second-order valence-electron chi connectivity index (χ2n) is 6.49. The fourth-order valence-electron chi connectivity index (χ4n) is 2.91. The fourth-order valence-corrected chi connectivity index (χ4v) is 3.04. The Balaban J connectivity index is 1.52. The molecule has 6 nitrogen and oxygen atoms in total. The van der Waals surface area contributed by atoms with Gasteiger partial charge in [-0.1, -0.05) is 41.0 Å². The molecule has 3 aromatic rings. The molecule has 0 saturated heterocycles. The molecule has 0 amide bonds. The molecule has 1 unspecified atom stereocenters. The first-order valence-electron chi connectivity index (χ1n) is 9.18. The number of hydrogen-bond donors (Lipinski definition) is 2. The predicted octanol–water partition coefficient (Wildman–Crippen LogP) is 4.17. The molecule has 1 atom stereocenters. The molecule has 0 aliphatic heterocycles. The number of aromatic nitrogens is 2. The zero-order chi connectivity index (χ0) is 19.9. The average molecular weight is 398 g/mol. The van der Waals surface area contributed by atoms with Crippen molar-refractivity contribution in [2.45, 2.75) is 26.3 Å². The molecule has 1 aromatic heterocycles. The number of halogens is 1. The molecule has 0 saturated carbocycles. The summed E-state index contributed by atoms with van der Waals surface area (Å²) in [6, 6.07) is 15.8. The van der Waals surface area contributed by atoms with E-state index < -0.39 is 0 Å². The maximum atomic E-state index is 5.91. The standard InChI is InChI=1S/C21H24ClN5O/c1-14-6-4-5-7-18(14)15(2)25-21(23-3)24-13-12-19-26-20(27-28-19)16-8-10-17(22)11-9-16/h4-11,15H,12-13H2,1-3H3,(H2,23,24,25). The fraction of sp³-hybridized carbons (Fsp3) is 0.286. The van der Waals surface area contributed by atoms with Crippen LogP contribution < -0.4 is 10.6 Å². The SMILES string of the molecule is CN=C(NCCc1nc(-c2ccc(Cl)cc2)no1)NC(C)c1ccccc1C. The first kappa shape index (κ1) is 19.9. The topological polar surface area (TPSA) is 75.3 Å². The molecular weight excluding hydrogens is 374 g/mol. The van der Waals surface area contributed by atoms with Crippen LogP contribution >= 0.6 is 11.6 Å². The molecule has 0 aliphatic carbocycles. The highest BCUT2D eigenvalue weighted by Crippen LogP contribution is 2.19. The number of aryl methyl sites for hydroxylation is 1. The highest BCUT2D eigenvalue weighted by atomic mass is 35.5. The van der Waals surface area contributed by atoms with E-state index >= 15 is 0 Å². The van der Waals surface area contributed by atoms with Gasteiger partial charge in [0.25, 0.3) is 0 Å². The molecule has 7 heteroatoms. The van der Waals surface area contributed by atoms with E-state index in [1.54, 1.807) is 19.2 Å². The molecule has 28 heavy (non-hydrogen) atoms. The van der Waals surface area contributed by atoms with E-state index in [2.05, 4.69) is 51.7 Å². The van der Waals surface area contributed by atoms with E-state index in [1.165, 1.54) is 11.1 Å². The number of nitrogens with one attached hydrogen (secondary N) is 2. The number of nitrogens with zero attached hydrogens (tertiary/aromatic N) is 3. The van der Waals surface area contributed by atoms with Crippen LogP contribution in [0.2, 0.25) is 5.02 Å². The van der Waals surface area contributed by atoms with Crippen molar-refractivity contribution in [2.24, 2.45) is 4.99 Å². The Morgan fingerprint density at radius 1 is 1.18 bits per heavy atom. The van der Waals surface area contributed by atoms with Crippen LogP contribution in [0.4, 0.5) is 0 Å². The maximum absolute atomic E-state index is 5.91. The Kier molecular flexibility index (Phi) is 6.66. The summed E-state index contributed by atoms with van der Waals surface area (Å²) in [6.45, 7) is 4.85. The lowest BCUT2D eigenvalue weighted by Gasteiger charge is -2.19. The predicted molar refractivity (Wildman–Crippen MR) is 113 cm³/mol. The first-order chi connectivity index (χ1) is 13.6. The lowest BCUT2D eigenvalue weighted by atomic mass is 10.0. The number of rotatable bonds is 6. The van der Waals surface area contributed by atoms with Crippen LogP contribution in [0.1, 0.15) is 30.0 Å². The minimum atomic E-state index is 0.146. The van der Waals surface area contributed by atoms with Crippen molar-refractivity contribution < 1.29 is 4.52 Å². The van der Waals surface area contributed by atoms with E-state index in [0.717, 1.165) is 11.5 Å². The number of guanidine groups is 1. The zero-order valence-corrected chi connectivity index (χ0v) is 17.0. The Bertz CT molecular complexity index is 936. The molecule has 0 fully saturated rings. The highest BCUT2D eigenvalue weighted by molar-refractivity contribution is 6.30. The summed E-state index contributed by atoms with van der Waals surface area (Å²) in [5, 5.41) is 11.4. The summed E-state index contributed by atoms with van der Waals surface area (Å²) in [5.41, 5.74) is 3.37. The number of benzene rings is 2. The Morgan fingerprint density at radius 2 is 1.93 bits per heavy atom. The molecule has 146 valence electrons. The lowest BCUT2D eigenvalue weighted by molar-refractivity contribution is 0.378. The van der Waals surface area contributed by atoms with Crippen molar-refractivity contribution in [3.8, 4) is 11.4 Å². The van der Waals surface area contributed by atoms with E-state index in [0.29, 0.717) is 29.7 Å². The Morgan fingerprint density at radius 3 is 2.64 bits per heavy atom. The van der Waals surface area contributed by atoms with E-state index in [4.69, 9.17) is 16.1 Å². The Labute approximate surface area is 170 Å². The molecule has 2 aromatic carbocycles. The lowest BCUT2D eigenvalue weighted by Crippen LogP contribution is -2.39. The second kappa shape index (κ2) is 9.37. The summed E-state index contributed by atoms with van der Waals surface area (Å²) in [7, 11) is 1.76. The third kappa shape index (κ3) is 5.10. The van der Waals surface area contributed by atoms with Gasteiger partial charge in [0.2, 0.25) is 11.7 Å². The van der Waals surface area contributed by atoms with Crippen molar-refractivity contribution in [1.82, 2.24) is 20.8 Å². The first-order valence-corrected chi connectivity index (χ1v) is 9.56. The van der Waals surface area contributed by atoms with E-state index in [-0.39, 0.29) is 6.04 Å². The van der Waals surface area contributed by atoms with E-state index in [1.807, 2.05) is 24.3 Å². The summed E-state index contributed by atoms with van der Waals surface area (Å²) in [5.74, 6) is 1.86. The van der Waals surface area contributed by atoms with Crippen LogP contribution in [-0.4, -0.2) is 29.7 Å².